The van der Waals surface area contributed by atoms with Crippen molar-refractivity contribution >= 4 is 42.6 Å². The molecule has 0 fully saturated rings. The summed E-state index contributed by atoms with van der Waals surface area (Å²) < 4.78 is 14.7. The van der Waals surface area contributed by atoms with E-state index in [4.69, 9.17) is 0 Å². The predicted molar refractivity (Wildman–Crippen MR) is 57.1 cm³/mol. The molecule has 2 rings (SSSR count). The van der Waals surface area contributed by atoms with Gasteiger partial charge >= 0.3 is 0 Å². The van der Waals surface area contributed by atoms with E-state index in [9.17, 15) is 4.39 Å². The summed E-state index contributed by atoms with van der Waals surface area (Å²) >= 11 is 6.53. The number of rotatable bonds is 0. The van der Waals surface area contributed by atoms with Gasteiger partial charge in [0.15, 0.2) is 0 Å². The van der Waals surface area contributed by atoms with Crippen molar-refractivity contribution in [3.8, 4) is 0 Å². The maximum Gasteiger partial charge on any atom is 0.133 e. The third-order valence-electron chi connectivity index (χ3n) is 1.77. The Morgan fingerprint density at radius 2 is 2.00 bits per heavy atom. The summed E-state index contributed by atoms with van der Waals surface area (Å²) in [7, 11) is 0. The van der Waals surface area contributed by atoms with Crippen molar-refractivity contribution in [2.75, 3.05) is 0 Å². The highest BCUT2D eigenvalue weighted by Gasteiger charge is 2.07. The molecule has 66 valence electrons. The van der Waals surface area contributed by atoms with Crippen LogP contribution in [0, 0.1) is 5.82 Å². The molecule has 1 heterocycles. The molecule has 2 aromatic rings. The topological polar surface area (TPSA) is 12.9 Å². The van der Waals surface area contributed by atoms with E-state index in [0.29, 0.717) is 9.99 Å². The Balaban J connectivity index is 3.00. The van der Waals surface area contributed by atoms with E-state index in [1.165, 1.54) is 6.07 Å². The molecule has 4 heteroatoms. The molecule has 0 aliphatic rings. The average molecular weight is 305 g/mol. The summed E-state index contributed by atoms with van der Waals surface area (Å²) in [6.45, 7) is 0. The number of halogens is 3. The Morgan fingerprint density at radius 3 is 2.69 bits per heavy atom. The van der Waals surface area contributed by atoms with Gasteiger partial charge in [0, 0.05) is 16.1 Å². The molecule has 0 spiro atoms. The fourth-order valence-electron chi connectivity index (χ4n) is 1.18. The first-order valence-corrected chi connectivity index (χ1v) is 5.17. The maximum atomic E-state index is 13.3. The van der Waals surface area contributed by atoms with Gasteiger partial charge in [-0.3, -0.25) is 0 Å². The van der Waals surface area contributed by atoms with Gasteiger partial charge < -0.3 is 0 Å². The summed E-state index contributed by atoms with van der Waals surface area (Å²) in [6, 6.07) is 4.94. The highest BCUT2D eigenvalue weighted by atomic mass is 79.9. The van der Waals surface area contributed by atoms with E-state index in [0.717, 1.165) is 9.86 Å². The van der Waals surface area contributed by atoms with Crippen LogP contribution >= 0.6 is 31.9 Å². The Bertz CT molecular complexity index is 462. The van der Waals surface area contributed by atoms with Crippen molar-refractivity contribution in [3.05, 3.63) is 39.3 Å². The SMILES string of the molecule is Fc1cccc2c(Br)cnc(Br)c12. The minimum Gasteiger partial charge on any atom is -0.247 e. The number of nitrogens with zero attached hydrogens (tertiary/aromatic N) is 1. The third-order valence-corrected chi connectivity index (χ3v) is 3.00. The Morgan fingerprint density at radius 1 is 1.23 bits per heavy atom. The molecule has 0 saturated carbocycles. The lowest BCUT2D eigenvalue weighted by molar-refractivity contribution is 0.639. The van der Waals surface area contributed by atoms with Gasteiger partial charge in [0.1, 0.15) is 10.4 Å². The average Bonchev–Trinajstić information content (AvgIpc) is 2.12. The van der Waals surface area contributed by atoms with Gasteiger partial charge in [-0.2, -0.15) is 0 Å². The van der Waals surface area contributed by atoms with Crippen molar-refractivity contribution in [2.24, 2.45) is 0 Å². The van der Waals surface area contributed by atoms with Gasteiger partial charge in [0.2, 0.25) is 0 Å². The Hall–Kier alpha value is -0.480. The van der Waals surface area contributed by atoms with E-state index in [1.54, 1.807) is 12.3 Å². The molecule has 1 aromatic heterocycles. The summed E-state index contributed by atoms with van der Waals surface area (Å²) in [5.41, 5.74) is 0. The molecule has 0 atom stereocenters. The number of benzene rings is 1. The van der Waals surface area contributed by atoms with Crippen molar-refractivity contribution in [1.82, 2.24) is 4.98 Å². The lowest BCUT2D eigenvalue weighted by Gasteiger charge is -2.02. The van der Waals surface area contributed by atoms with Gasteiger partial charge in [-0.1, -0.05) is 12.1 Å². The van der Waals surface area contributed by atoms with E-state index >= 15 is 0 Å². The van der Waals surface area contributed by atoms with E-state index in [-0.39, 0.29) is 5.82 Å². The molecule has 0 aliphatic carbocycles. The molecule has 1 nitrogen and oxygen atoms in total. The number of hydrogen-bond donors (Lipinski definition) is 0. The molecule has 0 amide bonds. The zero-order valence-corrected chi connectivity index (χ0v) is 9.56. The second-order valence-electron chi connectivity index (χ2n) is 2.56. The minimum absolute atomic E-state index is 0.266. The van der Waals surface area contributed by atoms with Crippen LogP contribution in [-0.2, 0) is 0 Å². The van der Waals surface area contributed by atoms with Gasteiger partial charge in [0.05, 0.1) is 5.39 Å². The first-order chi connectivity index (χ1) is 6.20. The second-order valence-corrected chi connectivity index (χ2v) is 4.16. The molecule has 0 radical (unpaired) electrons. The number of hydrogen-bond acceptors (Lipinski definition) is 1. The van der Waals surface area contributed by atoms with Crippen LogP contribution in [0.5, 0.6) is 0 Å². The fraction of sp³-hybridized carbons (Fsp3) is 0. The van der Waals surface area contributed by atoms with Crippen LogP contribution in [0.4, 0.5) is 4.39 Å². The molecule has 0 bridgehead atoms. The zero-order chi connectivity index (χ0) is 9.42. The van der Waals surface area contributed by atoms with Crippen LogP contribution in [0.3, 0.4) is 0 Å². The van der Waals surface area contributed by atoms with Crippen molar-refractivity contribution in [3.63, 3.8) is 0 Å². The number of fused-ring (bicyclic) bond motifs is 1. The van der Waals surface area contributed by atoms with E-state index in [1.807, 2.05) is 6.07 Å². The summed E-state index contributed by atoms with van der Waals surface area (Å²) in [5, 5.41) is 1.33. The molecular weight excluding hydrogens is 301 g/mol. The normalized spacial score (nSPS) is 10.7. The minimum atomic E-state index is -0.266. The molecule has 0 N–H and O–H groups in total. The summed E-state index contributed by atoms with van der Waals surface area (Å²) in [5.74, 6) is -0.266. The fourth-order valence-corrected chi connectivity index (χ4v) is 2.12. The second kappa shape index (κ2) is 3.35. The molecule has 0 aliphatic heterocycles. The van der Waals surface area contributed by atoms with E-state index in [2.05, 4.69) is 36.8 Å². The van der Waals surface area contributed by atoms with Crippen LogP contribution in [-0.4, -0.2) is 4.98 Å². The molecular formula is C9H4Br2FN. The molecule has 13 heavy (non-hydrogen) atoms. The van der Waals surface area contributed by atoms with Crippen molar-refractivity contribution < 1.29 is 4.39 Å². The predicted octanol–water partition coefficient (Wildman–Crippen LogP) is 3.90. The lowest BCUT2D eigenvalue weighted by atomic mass is 10.2. The third kappa shape index (κ3) is 1.48. The largest absolute Gasteiger partial charge is 0.247 e. The lowest BCUT2D eigenvalue weighted by Crippen LogP contribution is -1.85. The van der Waals surface area contributed by atoms with Crippen molar-refractivity contribution in [2.45, 2.75) is 0 Å². The quantitative estimate of drug-likeness (QED) is 0.673. The van der Waals surface area contributed by atoms with Crippen LogP contribution in [0.1, 0.15) is 0 Å². The smallest absolute Gasteiger partial charge is 0.133 e. The number of pyridine rings is 1. The van der Waals surface area contributed by atoms with Gasteiger partial charge in [-0.15, -0.1) is 0 Å². The van der Waals surface area contributed by atoms with E-state index < -0.39 is 0 Å². The first-order valence-electron chi connectivity index (χ1n) is 3.58. The monoisotopic (exact) mass is 303 g/mol. The van der Waals surface area contributed by atoms with Crippen LogP contribution in [0.25, 0.3) is 10.8 Å². The van der Waals surface area contributed by atoms with Crippen molar-refractivity contribution in [1.29, 1.82) is 0 Å². The van der Waals surface area contributed by atoms with Gasteiger partial charge in [0.25, 0.3) is 0 Å². The van der Waals surface area contributed by atoms with Crippen LogP contribution in [0.2, 0.25) is 0 Å². The van der Waals surface area contributed by atoms with Crippen LogP contribution in [0.15, 0.2) is 33.5 Å². The number of aromatic nitrogens is 1. The maximum absolute atomic E-state index is 13.3. The highest BCUT2D eigenvalue weighted by molar-refractivity contribution is 9.11. The zero-order valence-electron chi connectivity index (χ0n) is 6.39. The molecule has 0 saturated heterocycles. The Kier molecular flexibility index (Phi) is 2.34. The summed E-state index contributed by atoms with van der Waals surface area (Å²) in [6.07, 6.45) is 1.64. The Labute approximate surface area is 91.2 Å². The summed E-state index contributed by atoms with van der Waals surface area (Å²) in [4.78, 5) is 4.00. The standard InChI is InChI=1S/C9H4Br2FN/c10-6-4-13-9(11)8-5(6)2-1-3-7(8)12/h1-4H. The van der Waals surface area contributed by atoms with Crippen LogP contribution < -0.4 is 0 Å². The molecule has 0 unspecified atom stereocenters. The first kappa shape index (κ1) is 9.09. The highest BCUT2D eigenvalue weighted by Crippen LogP contribution is 2.29. The van der Waals surface area contributed by atoms with Gasteiger partial charge in [-0.05, 0) is 37.9 Å². The van der Waals surface area contributed by atoms with Gasteiger partial charge in [-0.25, -0.2) is 9.37 Å². The molecule has 1 aromatic carbocycles.